The summed E-state index contributed by atoms with van der Waals surface area (Å²) in [6.45, 7) is 0.00850. The summed E-state index contributed by atoms with van der Waals surface area (Å²) in [6, 6.07) is 15.7. The van der Waals surface area contributed by atoms with Crippen LogP contribution in [0.3, 0.4) is 0 Å². The third-order valence-corrected chi connectivity index (χ3v) is 6.96. The summed E-state index contributed by atoms with van der Waals surface area (Å²) < 4.78 is 5.43. The van der Waals surface area contributed by atoms with Gasteiger partial charge in [0.2, 0.25) is 0 Å². The molecule has 0 unspecified atom stereocenters. The molecule has 0 radical (unpaired) electrons. The lowest BCUT2D eigenvalue weighted by Crippen LogP contribution is -2.57. The minimum Gasteiger partial charge on any atom is -0.481 e. The second-order valence-corrected chi connectivity index (χ2v) is 8.47. The first kappa shape index (κ1) is 19.6. The predicted octanol–water partition coefficient (Wildman–Crippen LogP) is 2.06. The molecule has 1 amide bonds. The SMILES string of the molecule is O=C(N[C@@]1(C(=O)O)C[C@H](O)[C@H]2[C@H](C(=O)O)[C@H]21)OCC1c2ccccc2-c2ccccc21. The van der Waals surface area contributed by atoms with Crippen LogP contribution >= 0.6 is 0 Å². The van der Waals surface area contributed by atoms with Gasteiger partial charge in [-0.05, 0) is 22.3 Å². The van der Waals surface area contributed by atoms with Gasteiger partial charge in [0.25, 0.3) is 0 Å². The number of amides is 1. The first-order valence-electron chi connectivity index (χ1n) is 10.1. The molecule has 2 saturated carbocycles. The van der Waals surface area contributed by atoms with Crippen molar-refractivity contribution in [1.29, 1.82) is 0 Å². The van der Waals surface area contributed by atoms with Crippen LogP contribution in [-0.4, -0.2) is 51.6 Å². The Morgan fingerprint density at radius 1 is 1.00 bits per heavy atom. The van der Waals surface area contributed by atoms with Crippen molar-refractivity contribution in [3.63, 3.8) is 0 Å². The fourth-order valence-electron chi connectivity index (χ4n) is 5.60. The molecule has 5 rings (SSSR count). The van der Waals surface area contributed by atoms with Gasteiger partial charge < -0.3 is 25.4 Å². The first-order chi connectivity index (χ1) is 14.8. The number of carbonyl (C=O) groups is 3. The smallest absolute Gasteiger partial charge is 0.408 e. The molecule has 0 heterocycles. The standard InChI is InChI=1S/C23H21NO7/c25-16-9-23(21(28)29,19-17(16)18(19)20(26)27)24-22(30)31-10-15-13-7-3-1-5-11(13)12-6-2-4-8-14(12)15/h1-8,15-19,25H,9-10H2,(H,24,30)(H,26,27)(H,28,29)/t16-,17-,18-,19-,23-/m0/s1. The average molecular weight is 423 g/mol. The number of ether oxygens (including phenoxy) is 1. The van der Waals surface area contributed by atoms with Gasteiger partial charge in [0.05, 0.1) is 12.0 Å². The van der Waals surface area contributed by atoms with Crippen LogP contribution in [0.4, 0.5) is 4.79 Å². The van der Waals surface area contributed by atoms with Gasteiger partial charge in [0.15, 0.2) is 0 Å². The van der Waals surface area contributed by atoms with E-state index in [-0.39, 0.29) is 18.9 Å². The largest absolute Gasteiger partial charge is 0.481 e. The molecule has 0 aromatic heterocycles. The van der Waals surface area contributed by atoms with Gasteiger partial charge in [-0.2, -0.15) is 0 Å². The third-order valence-electron chi connectivity index (χ3n) is 6.96. The Balaban J connectivity index is 1.34. The molecule has 2 fully saturated rings. The van der Waals surface area contributed by atoms with Crippen LogP contribution in [-0.2, 0) is 14.3 Å². The van der Waals surface area contributed by atoms with Crippen molar-refractivity contribution in [2.45, 2.75) is 24.0 Å². The van der Waals surface area contributed by atoms with E-state index in [0.29, 0.717) is 0 Å². The molecule has 5 atom stereocenters. The predicted molar refractivity (Wildman–Crippen MR) is 107 cm³/mol. The van der Waals surface area contributed by atoms with Crippen molar-refractivity contribution in [1.82, 2.24) is 5.32 Å². The maximum absolute atomic E-state index is 12.6. The molecule has 3 aliphatic carbocycles. The zero-order valence-electron chi connectivity index (χ0n) is 16.4. The summed E-state index contributed by atoms with van der Waals surface area (Å²) in [5.41, 5.74) is 2.33. The van der Waals surface area contributed by atoms with Crippen LogP contribution in [0.1, 0.15) is 23.5 Å². The minimum atomic E-state index is -1.85. The van der Waals surface area contributed by atoms with Gasteiger partial charge in [-0.3, -0.25) is 4.79 Å². The van der Waals surface area contributed by atoms with Crippen molar-refractivity contribution in [3.05, 3.63) is 59.7 Å². The highest BCUT2D eigenvalue weighted by atomic mass is 16.5. The summed E-state index contributed by atoms with van der Waals surface area (Å²) in [4.78, 5) is 36.0. The second-order valence-electron chi connectivity index (χ2n) is 8.47. The number of alkyl carbamates (subject to hydrolysis) is 1. The van der Waals surface area contributed by atoms with E-state index in [1.54, 1.807) is 0 Å². The summed E-state index contributed by atoms with van der Waals surface area (Å²) in [5, 5.41) is 31.6. The molecule has 4 N–H and O–H groups in total. The average Bonchev–Trinajstić information content (AvgIpc) is 3.35. The van der Waals surface area contributed by atoms with Gasteiger partial charge in [-0.15, -0.1) is 0 Å². The molecule has 160 valence electrons. The number of carboxylic acids is 2. The second kappa shape index (κ2) is 6.81. The highest BCUT2D eigenvalue weighted by Gasteiger charge is 2.75. The van der Waals surface area contributed by atoms with E-state index in [4.69, 9.17) is 4.74 Å². The van der Waals surface area contributed by atoms with E-state index in [0.717, 1.165) is 22.3 Å². The summed E-state index contributed by atoms with van der Waals surface area (Å²) in [5.74, 6) is -5.26. The van der Waals surface area contributed by atoms with E-state index in [1.807, 2.05) is 48.5 Å². The molecular formula is C23H21NO7. The molecular weight excluding hydrogens is 402 g/mol. The number of nitrogens with one attached hydrogen (secondary N) is 1. The normalized spacial score (nSPS) is 30.1. The maximum Gasteiger partial charge on any atom is 0.408 e. The molecule has 8 nitrogen and oxygen atoms in total. The zero-order valence-corrected chi connectivity index (χ0v) is 16.4. The number of hydrogen-bond donors (Lipinski definition) is 4. The molecule has 2 aromatic carbocycles. The van der Waals surface area contributed by atoms with Gasteiger partial charge in [0.1, 0.15) is 12.1 Å². The van der Waals surface area contributed by atoms with Crippen LogP contribution in [0.15, 0.2) is 48.5 Å². The lowest BCUT2D eigenvalue weighted by atomic mass is 9.89. The van der Waals surface area contributed by atoms with Crippen molar-refractivity contribution in [2.75, 3.05) is 6.61 Å². The molecule has 2 aromatic rings. The van der Waals surface area contributed by atoms with Gasteiger partial charge in [-0.1, -0.05) is 48.5 Å². The van der Waals surface area contributed by atoms with Crippen LogP contribution in [0.2, 0.25) is 0 Å². The number of benzene rings is 2. The van der Waals surface area contributed by atoms with Crippen LogP contribution in [0.5, 0.6) is 0 Å². The van der Waals surface area contributed by atoms with E-state index >= 15 is 0 Å². The Labute approximate surface area is 177 Å². The van der Waals surface area contributed by atoms with Crippen molar-refractivity contribution < 1.29 is 34.4 Å². The van der Waals surface area contributed by atoms with Crippen LogP contribution in [0, 0.1) is 17.8 Å². The molecule has 31 heavy (non-hydrogen) atoms. The number of carboxylic acid groups (broad SMARTS) is 2. The Bertz CT molecular complexity index is 1050. The Hall–Kier alpha value is -3.39. The fraction of sp³-hybridized carbons (Fsp3) is 0.348. The summed E-state index contributed by atoms with van der Waals surface area (Å²) in [6.07, 6.45) is -2.28. The molecule has 0 saturated heterocycles. The number of aliphatic hydroxyl groups excluding tert-OH is 1. The summed E-state index contributed by atoms with van der Waals surface area (Å²) in [7, 11) is 0. The number of carbonyl (C=O) groups excluding carboxylic acids is 1. The van der Waals surface area contributed by atoms with Crippen molar-refractivity contribution in [2.24, 2.45) is 17.8 Å². The van der Waals surface area contributed by atoms with Gasteiger partial charge >= 0.3 is 18.0 Å². The number of aliphatic hydroxyl groups is 1. The monoisotopic (exact) mass is 423 g/mol. The lowest BCUT2D eigenvalue weighted by molar-refractivity contribution is -0.147. The lowest BCUT2D eigenvalue weighted by Gasteiger charge is -2.29. The van der Waals surface area contributed by atoms with E-state index in [1.165, 1.54) is 0 Å². The van der Waals surface area contributed by atoms with Gasteiger partial charge in [0, 0.05) is 24.2 Å². The number of hydrogen-bond acceptors (Lipinski definition) is 5. The highest BCUT2D eigenvalue weighted by Crippen LogP contribution is 2.62. The van der Waals surface area contributed by atoms with Gasteiger partial charge in [-0.25, -0.2) is 9.59 Å². The third kappa shape index (κ3) is 2.82. The van der Waals surface area contributed by atoms with Crippen LogP contribution in [0.25, 0.3) is 11.1 Å². The van der Waals surface area contributed by atoms with Crippen molar-refractivity contribution >= 4 is 18.0 Å². The summed E-state index contributed by atoms with van der Waals surface area (Å²) >= 11 is 0. The molecule has 8 heteroatoms. The highest BCUT2D eigenvalue weighted by molar-refractivity contribution is 5.89. The topological polar surface area (TPSA) is 133 Å². The molecule has 0 bridgehead atoms. The molecule has 0 aliphatic heterocycles. The Kier molecular flexibility index (Phi) is 4.30. The van der Waals surface area contributed by atoms with E-state index < -0.39 is 47.4 Å². The maximum atomic E-state index is 12.6. The minimum absolute atomic E-state index is 0.00850. The fourth-order valence-corrected chi connectivity index (χ4v) is 5.60. The molecule has 3 aliphatic rings. The van der Waals surface area contributed by atoms with E-state index in [2.05, 4.69) is 5.32 Å². The number of fused-ring (bicyclic) bond motifs is 4. The van der Waals surface area contributed by atoms with Crippen LogP contribution < -0.4 is 5.32 Å². The Morgan fingerprint density at radius 2 is 1.58 bits per heavy atom. The quantitative estimate of drug-likeness (QED) is 0.578. The van der Waals surface area contributed by atoms with E-state index in [9.17, 15) is 29.7 Å². The Morgan fingerprint density at radius 3 is 2.10 bits per heavy atom. The molecule has 0 spiro atoms. The number of rotatable bonds is 5. The first-order valence-corrected chi connectivity index (χ1v) is 10.1. The zero-order chi connectivity index (χ0) is 21.9. The number of aliphatic carboxylic acids is 2. The van der Waals surface area contributed by atoms with Crippen molar-refractivity contribution in [3.8, 4) is 11.1 Å².